The molecule has 0 saturated carbocycles. The maximum Gasteiger partial charge on any atom is 0.279 e. The molecule has 0 fully saturated rings. The van der Waals surface area contributed by atoms with E-state index in [2.05, 4.69) is 37.1 Å². The van der Waals surface area contributed by atoms with E-state index in [0.29, 0.717) is 12.0 Å². The van der Waals surface area contributed by atoms with Crippen LogP contribution in [0.1, 0.15) is 16.7 Å². The highest BCUT2D eigenvalue weighted by atomic mass is 16.5. The maximum atomic E-state index is 13.0. The Balaban J connectivity index is 1.77. The van der Waals surface area contributed by atoms with Crippen LogP contribution in [0.5, 0.6) is 0 Å². The molecule has 0 aliphatic rings. The first kappa shape index (κ1) is 18.1. The van der Waals surface area contributed by atoms with Gasteiger partial charge < -0.3 is 4.74 Å². The first-order chi connectivity index (χ1) is 13.6. The van der Waals surface area contributed by atoms with E-state index in [-0.39, 0.29) is 5.56 Å². The Hall–Kier alpha value is -3.24. The van der Waals surface area contributed by atoms with Crippen LogP contribution in [0.3, 0.4) is 0 Å². The molecule has 0 atom stereocenters. The SMILES string of the molecule is COCc1ccc(-n2ncc3cc(-c4ccc(C)cc4C)ccc3c2=O)cc1. The van der Waals surface area contributed by atoms with Crippen molar-refractivity contribution < 1.29 is 4.74 Å². The van der Waals surface area contributed by atoms with Crippen LogP contribution in [0.25, 0.3) is 27.6 Å². The van der Waals surface area contributed by atoms with E-state index in [0.717, 1.165) is 22.2 Å². The molecule has 0 aliphatic heterocycles. The number of rotatable bonds is 4. The quantitative estimate of drug-likeness (QED) is 0.517. The van der Waals surface area contributed by atoms with Crippen LogP contribution < -0.4 is 5.56 Å². The molecular formula is C24H22N2O2. The van der Waals surface area contributed by atoms with Gasteiger partial charge in [-0.2, -0.15) is 9.78 Å². The lowest BCUT2D eigenvalue weighted by molar-refractivity contribution is 0.185. The number of hydrogen-bond donors (Lipinski definition) is 0. The molecular weight excluding hydrogens is 348 g/mol. The van der Waals surface area contributed by atoms with Gasteiger partial charge >= 0.3 is 0 Å². The molecule has 0 bridgehead atoms. The molecule has 1 aromatic heterocycles. The van der Waals surface area contributed by atoms with E-state index in [4.69, 9.17) is 4.74 Å². The van der Waals surface area contributed by atoms with Crippen LogP contribution in [-0.2, 0) is 11.3 Å². The van der Waals surface area contributed by atoms with Gasteiger partial charge in [0.05, 0.1) is 23.9 Å². The van der Waals surface area contributed by atoms with Crippen molar-refractivity contribution in [3.63, 3.8) is 0 Å². The number of aryl methyl sites for hydroxylation is 2. The molecule has 0 aliphatic carbocycles. The third-order valence-corrected chi connectivity index (χ3v) is 4.97. The summed E-state index contributed by atoms with van der Waals surface area (Å²) in [6, 6.07) is 20.0. The van der Waals surface area contributed by atoms with E-state index >= 15 is 0 Å². The molecule has 3 aromatic carbocycles. The first-order valence-corrected chi connectivity index (χ1v) is 9.25. The summed E-state index contributed by atoms with van der Waals surface area (Å²) < 4.78 is 6.57. The van der Waals surface area contributed by atoms with Crippen molar-refractivity contribution in [3.8, 4) is 16.8 Å². The molecule has 0 radical (unpaired) electrons. The highest BCUT2D eigenvalue weighted by Gasteiger charge is 2.09. The number of hydrogen-bond acceptors (Lipinski definition) is 3. The van der Waals surface area contributed by atoms with E-state index in [1.165, 1.54) is 21.4 Å². The van der Waals surface area contributed by atoms with Gasteiger partial charge in [0.1, 0.15) is 0 Å². The summed E-state index contributed by atoms with van der Waals surface area (Å²) in [4.78, 5) is 13.0. The Morgan fingerprint density at radius 1 is 0.964 bits per heavy atom. The summed E-state index contributed by atoms with van der Waals surface area (Å²) in [6.45, 7) is 4.74. The second-order valence-electron chi connectivity index (χ2n) is 7.08. The van der Waals surface area contributed by atoms with Gasteiger partial charge in [0.2, 0.25) is 0 Å². The molecule has 4 nitrogen and oxygen atoms in total. The average molecular weight is 370 g/mol. The van der Waals surface area contributed by atoms with Gasteiger partial charge in [-0.25, -0.2) is 0 Å². The fourth-order valence-electron chi connectivity index (χ4n) is 3.54. The first-order valence-electron chi connectivity index (χ1n) is 9.25. The van der Waals surface area contributed by atoms with Crippen LogP contribution in [0.15, 0.2) is 71.7 Å². The van der Waals surface area contributed by atoms with Crippen molar-refractivity contribution in [2.24, 2.45) is 0 Å². The lowest BCUT2D eigenvalue weighted by Gasteiger charge is -2.10. The fraction of sp³-hybridized carbons (Fsp3) is 0.167. The number of aromatic nitrogens is 2. The van der Waals surface area contributed by atoms with Gasteiger partial charge in [0.25, 0.3) is 5.56 Å². The third kappa shape index (κ3) is 3.35. The predicted molar refractivity (Wildman–Crippen MR) is 113 cm³/mol. The fourth-order valence-corrected chi connectivity index (χ4v) is 3.54. The van der Waals surface area contributed by atoms with Gasteiger partial charge in [0, 0.05) is 12.5 Å². The van der Waals surface area contributed by atoms with Crippen LogP contribution in [0.4, 0.5) is 0 Å². The van der Waals surface area contributed by atoms with Crippen molar-refractivity contribution in [1.82, 2.24) is 9.78 Å². The molecule has 28 heavy (non-hydrogen) atoms. The topological polar surface area (TPSA) is 44.1 Å². The number of nitrogens with zero attached hydrogens (tertiary/aromatic N) is 2. The Bertz CT molecular complexity index is 1210. The molecule has 0 spiro atoms. The normalized spacial score (nSPS) is 11.1. The Morgan fingerprint density at radius 3 is 2.46 bits per heavy atom. The van der Waals surface area contributed by atoms with Crippen LogP contribution in [0, 0.1) is 13.8 Å². The highest BCUT2D eigenvalue weighted by Crippen LogP contribution is 2.26. The summed E-state index contributed by atoms with van der Waals surface area (Å²) in [7, 11) is 1.66. The van der Waals surface area contributed by atoms with Gasteiger partial charge in [-0.1, -0.05) is 42.0 Å². The zero-order valence-corrected chi connectivity index (χ0v) is 16.3. The minimum Gasteiger partial charge on any atom is -0.380 e. The highest BCUT2D eigenvalue weighted by molar-refractivity contribution is 5.86. The van der Waals surface area contributed by atoms with E-state index in [1.807, 2.05) is 42.5 Å². The third-order valence-electron chi connectivity index (χ3n) is 4.97. The molecule has 0 unspecified atom stereocenters. The lowest BCUT2D eigenvalue weighted by atomic mass is 9.97. The molecule has 0 amide bonds. The van der Waals surface area contributed by atoms with Crippen molar-refractivity contribution in [1.29, 1.82) is 0 Å². The maximum absolute atomic E-state index is 13.0. The Labute approximate surface area is 164 Å². The number of methoxy groups -OCH3 is 1. The van der Waals surface area contributed by atoms with E-state index < -0.39 is 0 Å². The van der Waals surface area contributed by atoms with Crippen molar-refractivity contribution in [2.45, 2.75) is 20.5 Å². The molecule has 4 aromatic rings. The van der Waals surface area contributed by atoms with Crippen LogP contribution >= 0.6 is 0 Å². The molecule has 1 heterocycles. The minimum atomic E-state index is -0.121. The Morgan fingerprint density at radius 2 is 1.75 bits per heavy atom. The lowest BCUT2D eigenvalue weighted by Crippen LogP contribution is -2.20. The smallest absolute Gasteiger partial charge is 0.279 e. The largest absolute Gasteiger partial charge is 0.380 e. The zero-order valence-electron chi connectivity index (χ0n) is 16.3. The van der Waals surface area contributed by atoms with Crippen LogP contribution in [0.2, 0.25) is 0 Å². The van der Waals surface area contributed by atoms with E-state index in [1.54, 1.807) is 13.3 Å². The van der Waals surface area contributed by atoms with Crippen molar-refractivity contribution in [3.05, 3.63) is 93.9 Å². The zero-order chi connectivity index (χ0) is 19.7. The average Bonchev–Trinajstić information content (AvgIpc) is 2.69. The van der Waals surface area contributed by atoms with Crippen molar-refractivity contribution >= 4 is 10.8 Å². The number of fused-ring (bicyclic) bond motifs is 1. The van der Waals surface area contributed by atoms with Gasteiger partial charge in [-0.3, -0.25) is 4.79 Å². The van der Waals surface area contributed by atoms with Gasteiger partial charge in [-0.15, -0.1) is 0 Å². The molecule has 0 saturated heterocycles. The number of benzene rings is 3. The van der Waals surface area contributed by atoms with Crippen LogP contribution in [-0.4, -0.2) is 16.9 Å². The van der Waals surface area contributed by atoms with Gasteiger partial charge in [-0.05, 0) is 60.4 Å². The summed E-state index contributed by atoms with van der Waals surface area (Å²) in [5.41, 5.74) is 6.39. The summed E-state index contributed by atoms with van der Waals surface area (Å²) in [5.74, 6) is 0. The second-order valence-corrected chi connectivity index (χ2v) is 7.08. The Kier molecular flexibility index (Phi) is 4.80. The molecule has 0 N–H and O–H groups in total. The van der Waals surface area contributed by atoms with Gasteiger partial charge in [0.15, 0.2) is 0 Å². The molecule has 4 heteroatoms. The van der Waals surface area contributed by atoms with E-state index in [9.17, 15) is 4.79 Å². The molecule has 140 valence electrons. The monoisotopic (exact) mass is 370 g/mol. The number of ether oxygens (including phenoxy) is 1. The van der Waals surface area contributed by atoms with Crippen molar-refractivity contribution in [2.75, 3.05) is 7.11 Å². The summed E-state index contributed by atoms with van der Waals surface area (Å²) in [5, 5.41) is 5.90. The molecule has 4 rings (SSSR count). The second kappa shape index (κ2) is 7.41. The summed E-state index contributed by atoms with van der Waals surface area (Å²) in [6.07, 6.45) is 1.76. The predicted octanol–water partition coefficient (Wildman–Crippen LogP) is 4.82. The standard InChI is InChI=1S/C24H22N2O2/c1-16-4-10-22(17(2)12-16)19-7-11-23-20(13-19)14-25-26(24(23)27)21-8-5-18(6-9-21)15-28-3/h4-14H,15H2,1-3H3. The minimum absolute atomic E-state index is 0.121. The summed E-state index contributed by atoms with van der Waals surface area (Å²) >= 11 is 0.